The third-order valence-electron chi connectivity index (χ3n) is 2.24. The van der Waals surface area contributed by atoms with Crippen LogP contribution in [0.15, 0.2) is 0 Å². The molecule has 2 heteroatoms. The van der Waals surface area contributed by atoms with Gasteiger partial charge in [-0.15, -0.1) is 0 Å². The second-order valence-electron chi connectivity index (χ2n) is 3.58. The molecule has 0 spiro atoms. The molecular weight excluding hydrogens is 162 g/mol. The van der Waals surface area contributed by atoms with E-state index in [0.717, 1.165) is 19.8 Å². The Morgan fingerprint density at radius 1 is 1.15 bits per heavy atom. The van der Waals surface area contributed by atoms with Gasteiger partial charge in [-0.25, -0.2) is 0 Å². The largest absolute Gasteiger partial charge is 0.380 e. The van der Waals surface area contributed by atoms with Gasteiger partial charge in [0, 0.05) is 19.2 Å². The topological polar surface area (TPSA) is 21.3 Å². The van der Waals surface area contributed by atoms with Crippen molar-refractivity contribution >= 4 is 0 Å². The van der Waals surface area contributed by atoms with Crippen molar-refractivity contribution in [2.75, 3.05) is 19.8 Å². The van der Waals surface area contributed by atoms with Crippen LogP contribution < -0.4 is 5.32 Å². The first-order chi connectivity index (χ1) is 6.31. The molecule has 0 aromatic carbocycles. The quantitative estimate of drug-likeness (QED) is 0.560. The Labute approximate surface area is 83.1 Å². The molecule has 0 fully saturated rings. The van der Waals surface area contributed by atoms with Gasteiger partial charge in [0.05, 0.1) is 6.61 Å². The monoisotopic (exact) mass is 187 g/mol. The lowest BCUT2D eigenvalue weighted by atomic mass is 10.2. The second-order valence-corrected chi connectivity index (χ2v) is 3.58. The number of hydrogen-bond donors (Lipinski definition) is 1. The summed E-state index contributed by atoms with van der Waals surface area (Å²) in [6.07, 6.45) is 4.96. The van der Waals surface area contributed by atoms with Gasteiger partial charge in [0.1, 0.15) is 0 Å². The van der Waals surface area contributed by atoms with Gasteiger partial charge in [0.25, 0.3) is 0 Å². The van der Waals surface area contributed by atoms with E-state index in [-0.39, 0.29) is 0 Å². The zero-order valence-electron chi connectivity index (χ0n) is 9.44. The van der Waals surface area contributed by atoms with Crippen molar-refractivity contribution in [2.24, 2.45) is 0 Å². The summed E-state index contributed by atoms with van der Waals surface area (Å²) in [4.78, 5) is 0. The Morgan fingerprint density at radius 2 is 1.92 bits per heavy atom. The van der Waals surface area contributed by atoms with Crippen molar-refractivity contribution in [3.63, 3.8) is 0 Å². The molecule has 0 radical (unpaired) electrons. The summed E-state index contributed by atoms with van der Waals surface area (Å²) in [5.41, 5.74) is 0. The molecule has 0 amide bonds. The predicted octanol–water partition coefficient (Wildman–Crippen LogP) is 2.58. The van der Waals surface area contributed by atoms with Crippen molar-refractivity contribution in [1.29, 1.82) is 0 Å². The SMILES string of the molecule is CCCCCOCCNC(C)CC. The van der Waals surface area contributed by atoms with Gasteiger partial charge < -0.3 is 10.1 Å². The standard InChI is InChI=1S/C11H25NO/c1-4-6-7-9-13-10-8-12-11(3)5-2/h11-12H,4-10H2,1-3H3. The summed E-state index contributed by atoms with van der Waals surface area (Å²) in [7, 11) is 0. The third kappa shape index (κ3) is 9.84. The highest BCUT2D eigenvalue weighted by Gasteiger charge is 1.95. The van der Waals surface area contributed by atoms with Crippen LogP contribution in [0.3, 0.4) is 0 Å². The first kappa shape index (κ1) is 12.9. The molecule has 0 aliphatic carbocycles. The van der Waals surface area contributed by atoms with Gasteiger partial charge in [-0.1, -0.05) is 26.7 Å². The van der Waals surface area contributed by atoms with E-state index in [0.29, 0.717) is 6.04 Å². The van der Waals surface area contributed by atoms with Gasteiger partial charge in [0.2, 0.25) is 0 Å². The highest BCUT2D eigenvalue weighted by molar-refractivity contribution is 4.56. The lowest BCUT2D eigenvalue weighted by Crippen LogP contribution is -2.28. The van der Waals surface area contributed by atoms with Crippen LogP contribution in [0.2, 0.25) is 0 Å². The van der Waals surface area contributed by atoms with E-state index in [9.17, 15) is 0 Å². The molecule has 0 saturated carbocycles. The Bertz CT molecular complexity index is 96.1. The molecule has 0 heterocycles. The molecule has 0 saturated heterocycles. The van der Waals surface area contributed by atoms with Gasteiger partial charge >= 0.3 is 0 Å². The minimum atomic E-state index is 0.624. The Balaban J connectivity index is 2.91. The fraction of sp³-hybridized carbons (Fsp3) is 1.00. The first-order valence-electron chi connectivity index (χ1n) is 5.62. The molecule has 2 nitrogen and oxygen atoms in total. The van der Waals surface area contributed by atoms with Gasteiger partial charge in [0.15, 0.2) is 0 Å². The summed E-state index contributed by atoms with van der Waals surface area (Å²) >= 11 is 0. The van der Waals surface area contributed by atoms with Crippen LogP contribution >= 0.6 is 0 Å². The summed E-state index contributed by atoms with van der Waals surface area (Å²) in [5.74, 6) is 0. The highest BCUT2D eigenvalue weighted by Crippen LogP contribution is 1.93. The molecule has 0 aromatic heterocycles. The van der Waals surface area contributed by atoms with E-state index in [1.54, 1.807) is 0 Å². The molecule has 1 unspecified atom stereocenters. The minimum absolute atomic E-state index is 0.624. The van der Waals surface area contributed by atoms with Crippen molar-refractivity contribution < 1.29 is 4.74 Å². The van der Waals surface area contributed by atoms with E-state index in [1.807, 2.05) is 0 Å². The lowest BCUT2D eigenvalue weighted by molar-refractivity contribution is 0.130. The molecule has 1 N–H and O–H groups in total. The second kappa shape index (κ2) is 10.0. The van der Waals surface area contributed by atoms with E-state index >= 15 is 0 Å². The predicted molar refractivity (Wildman–Crippen MR) is 58.1 cm³/mol. The van der Waals surface area contributed by atoms with Crippen LogP contribution in [0.4, 0.5) is 0 Å². The zero-order valence-corrected chi connectivity index (χ0v) is 9.44. The molecule has 0 aromatic rings. The van der Waals surface area contributed by atoms with Crippen LogP contribution in [0.25, 0.3) is 0 Å². The van der Waals surface area contributed by atoms with E-state index in [2.05, 4.69) is 26.1 Å². The van der Waals surface area contributed by atoms with Gasteiger partial charge in [-0.3, -0.25) is 0 Å². The lowest BCUT2D eigenvalue weighted by Gasteiger charge is -2.10. The molecule has 80 valence electrons. The van der Waals surface area contributed by atoms with Crippen LogP contribution in [-0.2, 0) is 4.74 Å². The molecule has 0 aliphatic heterocycles. The number of rotatable bonds is 9. The summed E-state index contributed by atoms with van der Waals surface area (Å²) < 4.78 is 5.47. The van der Waals surface area contributed by atoms with Crippen LogP contribution in [0.1, 0.15) is 46.5 Å². The van der Waals surface area contributed by atoms with Gasteiger partial charge in [-0.2, -0.15) is 0 Å². The van der Waals surface area contributed by atoms with Gasteiger partial charge in [-0.05, 0) is 19.8 Å². The number of hydrogen-bond acceptors (Lipinski definition) is 2. The molecule has 0 bridgehead atoms. The molecule has 0 rings (SSSR count). The van der Waals surface area contributed by atoms with E-state index in [4.69, 9.17) is 4.74 Å². The van der Waals surface area contributed by atoms with Crippen molar-refractivity contribution in [1.82, 2.24) is 5.32 Å². The van der Waals surface area contributed by atoms with Crippen LogP contribution in [-0.4, -0.2) is 25.8 Å². The normalized spacial score (nSPS) is 13.2. The average Bonchev–Trinajstić information content (AvgIpc) is 2.16. The highest BCUT2D eigenvalue weighted by atomic mass is 16.5. The zero-order chi connectivity index (χ0) is 9.94. The number of unbranched alkanes of at least 4 members (excludes halogenated alkanes) is 2. The Hall–Kier alpha value is -0.0800. The minimum Gasteiger partial charge on any atom is -0.380 e. The van der Waals surface area contributed by atoms with Crippen molar-refractivity contribution in [3.8, 4) is 0 Å². The Kier molecular flexibility index (Phi) is 9.94. The fourth-order valence-corrected chi connectivity index (χ4v) is 1.08. The smallest absolute Gasteiger partial charge is 0.0590 e. The van der Waals surface area contributed by atoms with Crippen molar-refractivity contribution in [2.45, 2.75) is 52.5 Å². The number of ether oxygens (including phenoxy) is 1. The molecule has 13 heavy (non-hydrogen) atoms. The average molecular weight is 187 g/mol. The van der Waals surface area contributed by atoms with E-state index in [1.165, 1.54) is 25.7 Å². The van der Waals surface area contributed by atoms with E-state index < -0.39 is 0 Å². The molecule has 1 atom stereocenters. The maximum Gasteiger partial charge on any atom is 0.0590 e. The molecular formula is C11H25NO. The maximum atomic E-state index is 5.47. The maximum absolute atomic E-state index is 5.47. The molecule has 0 aliphatic rings. The summed E-state index contributed by atoms with van der Waals surface area (Å²) in [5, 5.41) is 3.40. The Morgan fingerprint density at radius 3 is 2.54 bits per heavy atom. The summed E-state index contributed by atoms with van der Waals surface area (Å²) in [6, 6.07) is 0.624. The third-order valence-corrected chi connectivity index (χ3v) is 2.24. The first-order valence-corrected chi connectivity index (χ1v) is 5.62. The summed E-state index contributed by atoms with van der Waals surface area (Å²) in [6.45, 7) is 9.38. The van der Waals surface area contributed by atoms with Crippen molar-refractivity contribution in [3.05, 3.63) is 0 Å². The van der Waals surface area contributed by atoms with Crippen LogP contribution in [0, 0.1) is 0 Å². The van der Waals surface area contributed by atoms with Crippen LogP contribution in [0.5, 0.6) is 0 Å². The number of nitrogens with one attached hydrogen (secondary N) is 1. The fourth-order valence-electron chi connectivity index (χ4n) is 1.08.